The minimum Gasteiger partial charge on any atom is -0.355 e. The second-order valence-corrected chi connectivity index (χ2v) is 10.7. The van der Waals surface area contributed by atoms with Crippen LogP contribution in [-0.4, -0.2) is 73.9 Å². The number of nitrogens with one attached hydrogen (secondary N) is 1. The first kappa shape index (κ1) is 33.6. The number of hydrogen-bond donors (Lipinski definition) is 1. The van der Waals surface area contributed by atoms with Crippen LogP contribution in [0, 0.1) is 0 Å². The van der Waals surface area contributed by atoms with Crippen LogP contribution in [0.5, 0.6) is 0 Å². The molecular weight excluding hydrogens is 596 g/mol. The molecule has 0 bridgehead atoms. The van der Waals surface area contributed by atoms with E-state index in [0.717, 1.165) is 5.56 Å². The van der Waals surface area contributed by atoms with Crippen LogP contribution in [-0.2, 0) is 43.4 Å². The summed E-state index contributed by atoms with van der Waals surface area (Å²) in [4.78, 5) is 3.86. The Labute approximate surface area is 251 Å². The number of benzene rings is 2. The van der Waals surface area contributed by atoms with Crippen LogP contribution in [0.2, 0.25) is 0 Å². The highest BCUT2D eigenvalue weighted by Gasteiger charge is 2.49. The highest BCUT2D eigenvalue weighted by molar-refractivity contribution is 5.50. The number of alkyl halides is 6. The summed E-state index contributed by atoms with van der Waals surface area (Å²) in [6.07, 6.45) is -12.8. The van der Waals surface area contributed by atoms with Gasteiger partial charge in [-0.15, -0.1) is 5.10 Å². The lowest BCUT2D eigenvalue weighted by Crippen LogP contribution is -2.60. The summed E-state index contributed by atoms with van der Waals surface area (Å²) in [6, 6.07) is 10.5. The van der Waals surface area contributed by atoms with Crippen molar-refractivity contribution in [3.05, 3.63) is 76.5 Å². The second kappa shape index (κ2) is 13.4. The molecule has 1 aromatic heterocycles. The molecule has 3 atom stereocenters. The lowest BCUT2D eigenvalue weighted by Gasteiger charge is -2.50. The van der Waals surface area contributed by atoms with Crippen molar-refractivity contribution in [2.75, 3.05) is 45.9 Å². The summed E-state index contributed by atoms with van der Waals surface area (Å²) in [5, 5.41) is 11.4. The number of aromatic amines is 1. The summed E-state index contributed by atoms with van der Waals surface area (Å²) in [5.74, 6) is 0.484. The van der Waals surface area contributed by atoms with Gasteiger partial charge in [0.25, 0.3) is 0 Å². The highest BCUT2D eigenvalue weighted by Crippen LogP contribution is 2.43. The van der Waals surface area contributed by atoms with Crippen molar-refractivity contribution in [3.63, 3.8) is 0 Å². The number of nitrogens with zero attached hydrogens (tertiary/aromatic N) is 4. The molecule has 0 saturated carbocycles. The molecule has 1 saturated heterocycles. The molecule has 44 heavy (non-hydrogen) atoms. The topological polar surface area (TPSA) is 85.0 Å². The highest BCUT2D eigenvalue weighted by atomic mass is 19.4. The average molecular weight is 632 g/mol. The molecule has 0 spiro atoms. The van der Waals surface area contributed by atoms with Crippen LogP contribution in [0.1, 0.15) is 47.9 Å². The smallest absolute Gasteiger partial charge is 0.355 e. The number of hydrogen-bond acceptors (Lipinski definition) is 8. The van der Waals surface area contributed by atoms with E-state index in [-0.39, 0.29) is 18.2 Å². The minimum atomic E-state index is -4.99. The maximum atomic E-state index is 13.6. The number of H-pyrrole nitrogens is 1. The Balaban J connectivity index is 1.70. The second-order valence-electron chi connectivity index (χ2n) is 10.7. The zero-order valence-corrected chi connectivity index (χ0v) is 24.9. The first-order valence-electron chi connectivity index (χ1n) is 13.7. The van der Waals surface area contributed by atoms with Gasteiger partial charge in [0, 0.05) is 33.9 Å². The van der Waals surface area contributed by atoms with E-state index in [9.17, 15) is 26.3 Å². The predicted molar refractivity (Wildman–Crippen MR) is 147 cm³/mol. The number of halogens is 6. The van der Waals surface area contributed by atoms with Crippen molar-refractivity contribution in [2.24, 2.45) is 0 Å². The van der Waals surface area contributed by atoms with Crippen molar-refractivity contribution >= 4 is 5.82 Å². The Morgan fingerprint density at radius 1 is 1.02 bits per heavy atom. The van der Waals surface area contributed by atoms with E-state index in [4.69, 9.17) is 18.9 Å². The van der Waals surface area contributed by atoms with Gasteiger partial charge in [-0.2, -0.15) is 36.7 Å². The molecule has 9 nitrogen and oxygen atoms in total. The van der Waals surface area contributed by atoms with E-state index in [1.54, 1.807) is 0 Å². The van der Waals surface area contributed by atoms with E-state index >= 15 is 0 Å². The fraction of sp³-hybridized carbons (Fsp3) is 0.517. The molecule has 1 aliphatic heterocycles. The zero-order valence-electron chi connectivity index (χ0n) is 24.9. The van der Waals surface area contributed by atoms with Gasteiger partial charge in [0.15, 0.2) is 18.4 Å². The Hall–Kier alpha value is -3.24. The summed E-state index contributed by atoms with van der Waals surface area (Å²) in [6.45, 7) is 4.46. The van der Waals surface area contributed by atoms with E-state index in [1.807, 2.05) is 54.1 Å². The Bertz CT molecular complexity index is 1340. The standard InChI is InChI=1S/C29H35F6N5O4/c1-18(19-13-21(28(30,31)32)15-22(14-19)29(33,34)35)44-26-27(2,20-9-7-6-8-10-20)40(11-12-43-26)25-23(36-38-37-25)16-39(3)17-24(41-4)42-5/h6-10,13-15,18,24,26H,11-12,16-17H2,1-5H3,(H,36,37,38)/t18-,26-,27+/m1/s1. The van der Waals surface area contributed by atoms with Crippen LogP contribution < -0.4 is 4.90 Å². The third kappa shape index (κ3) is 7.34. The normalized spacial score (nSPS) is 20.5. The summed E-state index contributed by atoms with van der Waals surface area (Å²) >= 11 is 0. The fourth-order valence-corrected chi connectivity index (χ4v) is 5.21. The lowest BCUT2D eigenvalue weighted by atomic mass is 9.87. The molecule has 242 valence electrons. The van der Waals surface area contributed by atoms with Gasteiger partial charge >= 0.3 is 12.4 Å². The average Bonchev–Trinajstić information content (AvgIpc) is 3.43. The quantitative estimate of drug-likeness (QED) is 0.212. The summed E-state index contributed by atoms with van der Waals surface area (Å²) < 4.78 is 104. The van der Waals surface area contributed by atoms with Crippen molar-refractivity contribution in [2.45, 2.75) is 57.0 Å². The first-order valence-corrected chi connectivity index (χ1v) is 13.7. The monoisotopic (exact) mass is 631 g/mol. The van der Waals surface area contributed by atoms with Gasteiger partial charge in [0.2, 0.25) is 0 Å². The predicted octanol–water partition coefficient (Wildman–Crippen LogP) is 5.75. The molecular formula is C29H35F6N5O4. The molecule has 0 aliphatic carbocycles. The molecule has 4 rings (SSSR count). The lowest BCUT2D eigenvalue weighted by molar-refractivity contribution is -0.217. The van der Waals surface area contributed by atoms with Crippen molar-refractivity contribution in [1.29, 1.82) is 0 Å². The number of morpholine rings is 1. The van der Waals surface area contributed by atoms with Crippen LogP contribution in [0.25, 0.3) is 0 Å². The van der Waals surface area contributed by atoms with Gasteiger partial charge in [-0.3, -0.25) is 4.90 Å². The largest absolute Gasteiger partial charge is 0.416 e. The van der Waals surface area contributed by atoms with Crippen LogP contribution in [0.3, 0.4) is 0 Å². The molecule has 1 N–H and O–H groups in total. The molecule has 2 heterocycles. The summed E-state index contributed by atoms with van der Waals surface area (Å²) in [7, 11) is 4.93. The number of ether oxygens (including phenoxy) is 4. The Kier molecular flexibility index (Phi) is 10.2. The molecule has 2 aromatic carbocycles. The van der Waals surface area contributed by atoms with Gasteiger partial charge in [0.05, 0.1) is 23.8 Å². The molecule has 1 fully saturated rings. The number of likely N-dealkylation sites (N-methyl/N-ethyl adjacent to an activating group) is 1. The maximum Gasteiger partial charge on any atom is 0.416 e. The third-order valence-electron chi connectivity index (χ3n) is 7.63. The Morgan fingerprint density at radius 3 is 2.20 bits per heavy atom. The maximum absolute atomic E-state index is 13.6. The van der Waals surface area contributed by atoms with Gasteiger partial charge in [-0.25, -0.2) is 0 Å². The van der Waals surface area contributed by atoms with Crippen molar-refractivity contribution in [1.82, 2.24) is 20.3 Å². The minimum absolute atomic E-state index is 0.0910. The molecule has 15 heteroatoms. The molecule has 3 aromatic rings. The zero-order chi connectivity index (χ0) is 32.3. The third-order valence-corrected chi connectivity index (χ3v) is 7.63. The molecule has 0 amide bonds. The number of anilines is 1. The number of rotatable bonds is 11. The van der Waals surface area contributed by atoms with Gasteiger partial charge in [-0.05, 0) is 50.2 Å². The summed E-state index contributed by atoms with van der Waals surface area (Å²) in [5.41, 5.74) is -2.96. The first-order chi connectivity index (χ1) is 20.7. The van der Waals surface area contributed by atoms with Crippen molar-refractivity contribution < 1.29 is 45.3 Å². The van der Waals surface area contributed by atoms with Crippen LogP contribution >= 0.6 is 0 Å². The molecule has 1 aliphatic rings. The number of aromatic nitrogens is 3. The molecule has 0 radical (unpaired) electrons. The molecule has 0 unspecified atom stereocenters. The van der Waals surface area contributed by atoms with Crippen molar-refractivity contribution in [3.8, 4) is 0 Å². The van der Waals surface area contributed by atoms with Crippen LogP contribution in [0.15, 0.2) is 48.5 Å². The van der Waals surface area contributed by atoms with Crippen LogP contribution in [0.4, 0.5) is 32.2 Å². The Morgan fingerprint density at radius 2 is 1.64 bits per heavy atom. The fourth-order valence-electron chi connectivity index (χ4n) is 5.21. The van der Waals surface area contributed by atoms with E-state index < -0.39 is 47.7 Å². The van der Waals surface area contributed by atoms with E-state index in [2.05, 4.69) is 15.4 Å². The van der Waals surface area contributed by atoms with E-state index in [0.29, 0.717) is 43.3 Å². The SMILES string of the molecule is COC(CN(C)Cc1n[nH]nc1N1CCO[C@H](O[C@H](C)c2cc(C(F)(F)F)cc(C(F)(F)F)c2)[C@]1(C)c1ccccc1)OC. The van der Waals surface area contributed by atoms with Gasteiger partial charge in [-0.1, -0.05) is 30.3 Å². The van der Waals surface area contributed by atoms with Gasteiger partial charge in [0.1, 0.15) is 11.2 Å². The van der Waals surface area contributed by atoms with E-state index in [1.165, 1.54) is 21.1 Å². The van der Waals surface area contributed by atoms with Gasteiger partial charge < -0.3 is 23.8 Å². The number of methoxy groups -OCH3 is 2.